The van der Waals surface area contributed by atoms with Gasteiger partial charge in [0.1, 0.15) is 6.17 Å². The predicted molar refractivity (Wildman–Crippen MR) is 54.5 cm³/mol. The molecule has 0 saturated carbocycles. The van der Waals surface area contributed by atoms with Gasteiger partial charge in [-0.05, 0) is 19.3 Å². The zero-order valence-electron chi connectivity index (χ0n) is 9.14. The van der Waals surface area contributed by atoms with E-state index >= 15 is 0 Å². The van der Waals surface area contributed by atoms with Crippen molar-refractivity contribution in [2.24, 2.45) is 11.8 Å². The van der Waals surface area contributed by atoms with Gasteiger partial charge in [-0.2, -0.15) is 0 Å². The highest BCUT2D eigenvalue weighted by molar-refractivity contribution is 4.99. The molecule has 0 amide bonds. The number of methoxy groups -OCH3 is 1. The molecule has 1 nitrogen and oxygen atoms in total. The molecule has 0 N–H and O–H groups in total. The van der Waals surface area contributed by atoms with Crippen molar-refractivity contribution in [1.82, 2.24) is 0 Å². The molecule has 0 aromatic rings. The van der Waals surface area contributed by atoms with Gasteiger partial charge in [0.15, 0.2) is 0 Å². The largest absolute Gasteiger partial charge is 0.384 e. The van der Waals surface area contributed by atoms with Crippen LogP contribution in [0.2, 0.25) is 0 Å². The second-order valence-electron chi connectivity index (χ2n) is 4.05. The molecule has 2 atom stereocenters. The summed E-state index contributed by atoms with van der Waals surface area (Å²) in [5, 5.41) is 0. The zero-order valence-corrected chi connectivity index (χ0v) is 9.14. The SMILES string of the molecule is C=C(C)[C@H](COC)[C@@H](F)CC(C)C. The molecule has 0 unspecified atom stereocenters. The van der Waals surface area contributed by atoms with Crippen molar-refractivity contribution in [3.05, 3.63) is 12.2 Å². The van der Waals surface area contributed by atoms with Crippen LogP contribution in [0.5, 0.6) is 0 Å². The number of ether oxygens (including phenoxy) is 1. The summed E-state index contributed by atoms with van der Waals surface area (Å²) >= 11 is 0. The number of alkyl halides is 1. The standard InChI is InChI=1S/C11H21FO/c1-8(2)6-11(12)10(7-13-5)9(3)4/h8,10-11H,3,6-7H2,1-2,4-5H3/t10-,11-/m0/s1. The molecule has 0 bridgehead atoms. The summed E-state index contributed by atoms with van der Waals surface area (Å²) in [6.07, 6.45) is -0.238. The Labute approximate surface area is 81.0 Å². The van der Waals surface area contributed by atoms with Gasteiger partial charge in [-0.3, -0.25) is 0 Å². The Hall–Kier alpha value is -0.370. The molecule has 2 heteroatoms. The fourth-order valence-electron chi connectivity index (χ4n) is 1.35. The molecule has 0 aliphatic rings. The molecule has 0 aromatic heterocycles. The summed E-state index contributed by atoms with van der Waals surface area (Å²) in [6.45, 7) is 10.1. The summed E-state index contributed by atoms with van der Waals surface area (Å²) in [4.78, 5) is 0. The van der Waals surface area contributed by atoms with E-state index < -0.39 is 6.17 Å². The van der Waals surface area contributed by atoms with Gasteiger partial charge in [-0.25, -0.2) is 4.39 Å². The van der Waals surface area contributed by atoms with Crippen LogP contribution in [0.25, 0.3) is 0 Å². The summed E-state index contributed by atoms with van der Waals surface area (Å²) in [5.74, 6) is 0.237. The summed E-state index contributed by atoms with van der Waals surface area (Å²) in [7, 11) is 1.60. The Morgan fingerprint density at radius 1 is 1.46 bits per heavy atom. The van der Waals surface area contributed by atoms with E-state index in [1.54, 1.807) is 7.11 Å². The van der Waals surface area contributed by atoms with Gasteiger partial charge in [-0.1, -0.05) is 26.0 Å². The van der Waals surface area contributed by atoms with E-state index in [1.807, 2.05) is 20.8 Å². The van der Waals surface area contributed by atoms with Gasteiger partial charge < -0.3 is 4.74 Å². The summed E-state index contributed by atoms with van der Waals surface area (Å²) < 4.78 is 18.6. The predicted octanol–water partition coefficient (Wildman–Crippen LogP) is 3.21. The minimum absolute atomic E-state index is 0.146. The van der Waals surface area contributed by atoms with Crippen LogP contribution in [0.15, 0.2) is 12.2 Å². The van der Waals surface area contributed by atoms with Crippen LogP contribution < -0.4 is 0 Å². The van der Waals surface area contributed by atoms with Gasteiger partial charge in [0, 0.05) is 13.0 Å². The molecular formula is C11H21FO. The molecule has 78 valence electrons. The lowest BCUT2D eigenvalue weighted by molar-refractivity contribution is 0.108. The molecule has 0 aliphatic heterocycles. The minimum Gasteiger partial charge on any atom is -0.384 e. The van der Waals surface area contributed by atoms with Crippen molar-refractivity contribution in [2.45, 2.75) is 33.4 Å². The van der Waals surface area contributed by atoms with Crippen molar-refractivity contribution in [3.63, 3.8) is 0 Å². The Bertz CT molecular complexity index is 154. The molecular weight excluding hydrogens is 167 g/mol. The molecule has 0 radical (unpaired) electrons. The van der Waals surface area contributed by atoms with Gasteiger partial charge in [0.05, 0.1) is 6.61 Å². The van der Waals surface area contributed by atoms with E-state index in [0.717, 1.165) is 5.57 Å². The monoisotopic (exact) mass is 188 g/mol. The highest BCUT2D eigenvalue weighted by Crippen LogP contribution is 2.22. The fourth-order valence-corrected chi connectivity index (χ4v) is 1.35. The van der Waals surface area contributed by atoms with Crippen molar-refractivity contribution in [3.8, 4) is 0 Å². The van der Waals surface area contributed by atoms with Crippen LogP contribution in [0.3, 0.4) is 0 Å². The summed E-state index contributed by atoms with van der Waals surface area (Å²) in [5.41, 5.74) is 0.870. The Balaban J connectivity index is 4.10. The quantitative estimate of drug-likeness (QED) is 0.582. The van der Waals surface area contributed by atoms with Crippen molar-refractivity contribution >= 4 is 0 Å². The van der Waals surface area contributed by atoms with E-state index in [2.05, 4.69) is 6.58 Å². The van der Waals surface area contributed by atoms with Crippen LogP contribution in [-0.2, 0) is 4.74 Å². The van der Waals surface area contributed by atoms with Gasteiger partial charge in [0.2, 0.25) is 0 Å². The lowest BCUT2D eigenvalue weighted by atomic mass is 9.91. The average Bonchev–Trinajstić information content (AvgIpc) is 1.97. The molecule has 13 heavy (non-hydrogen) atoms. The molecule has 0 heterocycles. The minimum atomic E-state index is -0.822. The summed E-state index contributed by atoms with van der Waals surface area (Å²) in [6, 6.07) is 0. The zero-order chi connectivity index (χ0) is 10.4. The number of rotatable bonds is 6. The molecule has 0 rings (SSSR count). The van der Waals surface area contributed by atoms with Crippen LogP contribution in [0, 0.1) is 11.8 Å². The Morgan fingerprint density at radius 2 is 2.00 bits per heavy atom. The fraction of sp³-hybridized carbons (Fsp3) is 0.818. The van der Waals surface area contributed by atoms with E-state index in [4.69, 9.17) is 4.74 Å². The maximum absolute atomic E-state index is 13.6. The molecule has 0 saturated heterocycles. The first-order valence-corrected chi connectivity index (χ1v) is 4.77. The highest BCUT2D eigenvalue weighted by atomic mass is 19.1. The number of halogens is 1. The van der Waals surface area contributed by atoms with Crippen LogP contribution in [0.1, 0.15) is 27.2 Å². The third kappa shape index (κ3) is 5.04. The van der Waals surface area contributed by atoms with Crippen molar-refractivity contribution < 1.29 is 9.13 Å². The van der Waals surface area contributed by atoms with Crippen molar-refractivity contribution in [2.75, 3.05) is 13.7 Å². The van der Waals surface area contributed by atoms with Crippen LogP contribution >= 0.6 is 0 Å². The Morgan fingerprint density at radius 3 is 2.31 bits per heavy atom. The van der Waals surface area contributed by atoms with Crippen LogP contribution in [-0.4, -0.2) is 19.9 Å². The molecule has 0 aliphatic carbocycles. The smallest absolute Gasteiger partial charge is 0.109 e. The molecule has 0 fully saturated rings. The maximum Gasteiger partial charge on any atom is 0.109 e. The lowest BCUT2D eigenvalue weighted by Crippen LogP contribution is -2.23. The topological polar surface area (TPSA) is 9.23 Å². The second kappa shape index (κ2) is 6.14. The van der Waals surface area contributed by atoms with E-state index in [0.29, 0.717) is 18.9 Å². The number of hydrogen-bond donors (Lipinski definition) is 0. The number of hydrogen-bond acceptors (Lipinski definition) is 1. The van der Waals surface area contributed by atoms with E-state index in [-0.39, 0.29) is 5.92 Å². The van der Waals surface area contributed by atoms with Gasteiger partial charge in [0.25, 0.3) is 0 Å². The van der Waals surface area contributed by atoms with Gasteiger partial charge >= 0.3 is 0 Å². The maximum atomic E-state index is 13.6. The van der Waals surface area contributed by atoms with Crippen LogP contribution in [0.4, 0.5) is 4.39 Å². The first-order valence-electron chi connectivity index (χ1n) is 4.77. The first-order chi connectivity index (χ1) is 5.99. The first kappa shape index (κ1) is 12.6. The van der Waals surface area contributed by atoms with Crippen molar-refractivity contribution in [1.29, 1.82) is 0 Å². The third-order valence-electron chi connectivity index (χ3n) is 2.11. The third-order valence-corrected chi connectivity index (χ3v) is 2.11. The average molecular weight is 188 g/mol. The Kier molecular flexibility index (Phi) is 5.97. The normalized spacial score (nSPS) is 15.8. The second-order valence-corrected chi connectivity index (χ2v) is 4.05. The molecule has 0 spiro atoms. The molecule has 0 aromatic carbocycles. The van der Waals surface area contributed by atoms with E-state index in [1.165, 1.54) is 0 Å². The highest BCUT2D eigenvalue weighted by Gasteiger charge is 2.22. The lowest BCUT2D eigenvalue weighted by Gasteiger charge is -2.21. The van der Waals surface area contributed by atoms with Gasteiger partial charge in [-0.15, -0.1) is 0 Å². The van der Waals surface area contributed by atoms with E-state index in [9.17, 15) is 4.39 Å².